The van der Waals surface area contributed by atoms with E-state index in [1.54, 1.807) is 30.3 Å². The molecule has 0 saturated carbocycles. The Kier molecular flexibility index (Phi) is 5.45. The lowest BCUT2D eigenvalue weighted by Crippen LogP contribution is -2.09. The van der Waals surface area contributed by atoms with E-state index in [9.17, 15) is 14.9 Å². The van der Waals surface area contributed by atoms with E-state index in [0.29, 0.717) is 5.56 Å². The molecule has 92 valence electrons. The van der Waals surface area contributed by atoms with E-state index < -0.39 is 11.1 Å². The summed E-state index contributed by atoms with van der Waals surface area (Å²) in [6.07, 6.45) is 0.253. The van der Waals surface area contributed by atoms with Crippen LogP contribution in [-0.4, -0.2) is 24.3 Å². The molecule has 0 fully saturated rings. The van der Waals surface area contributed by atoms with Crippen molar-refractivity contribution >= 4 is 5.97 Å². The molecular weight excluding hydrogens is 230 g/mol. The first-order chi connectivity index (χ1) is 8.20. The van der Waals surface area contributed by atoms with Gasteiger partial charge in [-0.25, -0.2) is 4.79 Å². The fourth-order valence-electron chi connectivity index (χ4n) is 0.974. The Labute approximate surface area is 96.9 Å². The monoisotopic (exact) mass is 241 g/mol. The number of benzene rings is 1. The second-order valence-corrected chi connectivity index (χ2v) is 2.97. The third-order valence-electron chi connectivity index (χ3n) is 1.71. The van der Waals surface area contributed by atoms with Gasteiger partial charge in [0.1, 0.15) is 0 Å². The number of nitrogens with zero attached hydrogens (tertiary/aromatic N) is 1. The van der Waals surface area contributed by atoms with Crippen LogP contribution in [0.5, 0.6) is 0 Å². The molecule has 0 unspecified atom stereocenters. The topological polar surface area (TPSA) is 87.9 Å². The van der Waals surface area contributed by atoms with Gasteiger partial charge in [-0.05, 0) is 18.6 Å². The van der Waals surface area contributed by atoms with E-state index in [4.69, 9.17) is 0 Å². The maximum Gasteiger partial charge on any atom is 0.373 e. The summed E-state index contributed by atoms with van der Waals surface area (Å²) in [4.78, 5) is 34.2. The lowest BCUT2D eigenvalue weighted by Gasteiger charge is -2.03. The quantitative estimate of drug-likeness (QED) is 0.310. The molecule has 0 amide bonds. The molecule has 0 radical (unpaired) electrons. The van der Waals surface area contributed by atoms with Gasteiger partial charge in [0.2, 0.25) is 0 Å². The average molecular weight is 241 g/mol. The fourth-order valence-corrected chi connectivity index (χ4v) is 0.974. The van der Waals surface area contributed by atoms with Crippen LogP contribution < -0.4 is 0 Å². The van der Waals surface area contributed by atoms with Crippen molar-refractivity contribution in [2.45, 2.75) is 6.42 Å². The van der Waals surface area contributed by atoms with Crippen LogP contribution in [0.4, 0.5) is 0 Å². The molecule has 0 aliphatic rings. The zero-order valence-corrected chi connectivity index (χ0v) is 8.90. The summed E-state index contributed by atoms with van der Waals surface area (Å²) in [5.74, 6) is -0.610. The Balaban J connectivity index is 2.11. The summed E-state index contributed by atoms with van der Waals surface area (Å²) >= 11 is 0. The van der Waals surface area contributed by atoms with Crippen LogP contribution in [0, 0.1) is 10.1 Å². The van der Waals surface area contributed by atoms with E-state index in [0.717, 1.165) is 0 Å². The molecule has 0 heterocycles. The summed E-state index contributed by atoms with van der Waals surface area (Å²) in [6.45, 7) is -0.0672. The Bertz CT molecular complexity index is 366. The molecule has 1 rings (SSSR count). The van der Waals surface area contributed by atoms with Crippen molar-refractivity contribution < 1.29 is 24.5 Å². The van der Waals surface area contributed by atoms with Gasteiger partial charge >= 0.3 is 5.97 Å². The molecule has 1 aromatic rings. The first-order valence-electron chi connectivity index (χ1n) is 4.86. The van der Waals surface area contributed by atoms with E-state index in [2.05, 4.69) is 14.6 Å². The molecular formula is C10H11NO6. The minimum absolute atomic E-state index is 0.0341. The van der Waals surface area contributed by atoms with Crippen LogP contribution in [0.15, 0.2) is 30.3 Å². The lowest BCUT2D eigenvalue weighted by molar-refractivity contribution is -0.757. The minimum Gasteiger partial charge on any atom is -0.314 e. The van der Waals surface area contributed by atoms with E-state index in [1.807, 2.05) is 0 Å². The third kappa shape index (κ3) is 5.47. The average Bonchev–Trinajstić information content (AvgIpc) is 2.34. The van der Waals surface area contributed by atoms with Crippen molar-refractivity contribution in [3.8, 4) is 0 Å². The summed E-state index contributed by atoms with van der Waals surface area (Å²) in [6, 6.07) is 8.33. The van der Waals surface area contributed by atoms with Crippen LogP contribution >= 0.6 is 0 Å². The number of carbonyl (C=O) groups excluding carboxylic acids is 1. The predicted molar refractivity (Wildman–Crippen MR) is 55.4 cm³/mol. The molecule has 17 heavy (non-hydrogen) atoms. The molecule has 0 atom stereocenters. The lowest BCUT2D eigenvalue weighted by atomic mass is 10.2. The highest BCUT2D eigenvalue weighted by atomic mass is 17.2. The van der Waals surface area contributed by atoms with E-state index in [1.165, 1.54) is 0 Å². The second kappa shape index (κ2) is 7.18. The molecule has 0 saturated heterocycles. The maximum atomic E-state index is 11.3. The zero-order valence-electron chi connectivity index (χ0n) is 8.90. The predicted octanol–water partition coefficient (Wildman–Crippen LogP) is 1.37. The number of carbonyl (C=O) groups is 1. The van der Waals surface area contributed by atoms with Crippen molar-refractivity contribution in [3.05, 3.63) is 46.0 Å². The third-order valence-corrected chi connectivity index (χ3v) is 1.71. The fraction of sp³-hybridized carbons (Fsp3) is 0.300. The van der Waals surface area contributed by atoms with Crippen molar-refractivity contribution in [2.24, 2.45) is 0 Å². The van der Waals surface area contributed by atoms with Gasteiger partial charge in [-0.15, -0.1) is 10.1 Å². The molecule has 7 nitrogen and oxygen atoms in total. The summed E-state index contributed by atoms with van der Waals surface area (Å²) in [5.41, 5.74) is 0.369. The van der Waals surface area contributed by atoms with Gasteiger partial charge < -0.3 is 4.84 Å². The Morgan fingerprint density at radius 2 is 1.94 bits per heavy atom. The molecule has 0 aliphatic carbocycles. The molecule has 0 aromatic heterocycles. The van der Waals surface area contributed by atoms with Crippen LogP contribution in [0.1, 0.15) is 16.8 Å². The van der Waals surface area contributed by atoms with Gasteiger partial charge in [-0.2, -0.15) is 4.89 Å². The standard InChI is InChI=1S/C10H11NO6/c12-10(9-5-2-1-3-6-9)17-16-8-4-7-15-11(13)14/h1-3,5-6H,4,7-8H2. The largest absolute Gasteiger partial charge is 0.373 e. The number of rotatable bonds is 7. The molecule has 7 heteroatoms. The first kappa shape index (κ1) is 12.9. The van der Waals surface area contributed by atoms with E-state index >= 15 is 0 Å². The van der Waals surface area contributed by atoms with Gasteiger partial charge in [-0.3, -0.25) is 4.89 Å². The number of hydrogen-bond acceptors (Lipinski definition) is 6. The van der Waals surface area contributed by atoms with E-state index in [-0.39, 0.29) is 19.6 Å². The van der Waals surface area contributed by atoms with Crippen LogP contribution in [-0.2, 0) is 14.6 Å². The molecule has 1 aromatic carbocycles. The first-order valence-corrected chi connectivity index (χ1v) is 4.86. The maximum absolute atomic E-state index is 11.3. The SMILES string of the molecule is O=C(OOCCCO[N+](=O)[O-])c1ccccc1. The Morgan fingerprint density at radius 3 is 2.59 bits per heavy atom. The van der Waals surface area contributed by atoms with Crippen LogP contribution in [0.25, 0.3) is 0 Å². The van der Waals surface area contributed by atoms with Gasteiger partial charge in [0.25, 0.3) is 5.09 Å². The zero-order chi connectivity index (χ0) is 12.5. The Morgan fingerprint density at radius 1 is 1.24 bits per heavy atom. The van der Waals surface area contributed by atoms with Gasteiger partial charge in [-0.1, -0.05) is 18.2 Å². The highest BCUT2D eigenvalue weighted by molar-refractivity contribution is 5.88. The van der Waals surface area contributed by atoms with Gasteiger partial charge in [0.05, 0.1) is 18.8 Å². The summed E-state index contributed by atoms with van der Waals surface area (Å²) in [7, 11) is 0. The smallest absolute Gasteiger partial charge is 0.314 e. The van der Waals surface area contributed by atoms with Crippen molar-refractivity contribution in [1.29, 1.82) is 0 Å². The molecule has 0 N–H and O–H groups in total. The van der Waals surface area contributed by atoms with Gasteiger partial charge in [0.15, 0.2) is 0 Å². The molecule has 0 aliphatic heterocycles. The summed E-state index contributed by atoms with van der Waals surface area (Å²) < 4.78 is 0. The minimum atomic E-state index is -0.893. The van der Waals surface area contributed by atoms with Gasteiger partial charge in [0, 0.05) is 0 Å². The Hall–Kier alpha value is -2.15. The normalized spacial score (nSPS) is 9.65. The van der Waals surface area contributed by atoms with Crippen molar-refractivity contribution in [1.82, 2.24) is 0 Å². The molecule has 0 bridgehead atoms. The van der Waals surface area contributed by atoms with Crippen LogP contribution in [0.3, 0.4) is 0 Å². The van der Waals surface area contributed by atoms with Crippen molar-refractivity contribution in [2.75, 3.05) is 13.2 Å². The summed E-state index contributed by atoms with van der Waals surface area (Å²) in [5, 5.41) is 8.89. The highest BCUT2D eigenvalue weighted by Gasteiger charge is 2.06. The second-order valence-electron chi connectivity index (χ2n) is 2.97. The highest BCUT2D eigenvalue weighted by Crippen LogP contribution is 2.01. The molecule has 0 spiro atoms. The number of hydrogen-bond donors (Lipinski definition) is 0. The van der Waals surface area contributed by atoms with Crippen LogP contribution in [0.2, 0.25) is 0 Å². The van der Waals surface area contributed by atoms with Crippen molar-refractivity contribution in [3.63, 3.8) is 0 Å².